The van der Waals surface area contributed by atoms with Crippen LogP contribution in [-0.2, 0) is 11.3 Å². The van der Waals surface area contributed by atoms with Gasteiger partial charge >= 0.3 is 0 Å². The third kappa shape index (κ3) is 3.97. The van der Waals surface area contributed by atoms with Crippen LogP contribution >= 0.6 is 0 Å². The Kier molecular flexibility index (Phi) is 5.58. The molecular formula is C27H26FN3O2. The van der Waals surface area contributed by atoms with Crippen LogP contribution < -0.4 is 9.64 Å². The molecule has 5 rings (SSSR count). The summed E-state index contributed by atoms with van der Waals surface area (Å²) in [6.45, 7) is 5.62. The van der Waals surface area contributed by atoms with Gasteiger partial charge in [0, 0.05) is 18.9 Å². The van der Waals surface area contributed by atoms with Crippen molar-refractivity contribution in [1.29, 1.82) is 0 Å². The summed E-state index contributed by atoms with van der Waals surface area (Å²) in [6, 6.07) is 20.4. The number of carbonyl (C=O) groups is 1. The van der Waals surface area contributed by atoms with E-state index < -0.39 is 0 Å². The lowest BCUT2D eigenvalue weighted by atomic mass is 10.1. The van der Waals surface area contributed by atoms with Crippen LogP contribution in [0.1, 0.15) is 29.3 Å². The Morgan fingerprint density at radius 3 is 2.67 bits per heavy atom. The largest absolute Gasteiger partial charge is 0.491 e. The van der Waals surface area contributed by atoms with Gasteiger partial charge in [-0.15, -0.1) is 0 Å². The first kappa shape index (κ1) is 21.2. The first-order valence-corrected chi connectivity index (χ1v) is 11.2. The maximum atomic E-state index is 14.3. The van der Waals surface area contributed by atoms with Crippen LogP contribution in [0.3, 0.4) is 0 Å². The van der Waals surface area contributed by atoms with Gasteiger partial charge in [-0.3, -0.25) is 4.79 Å². The number of fused-ring (bicyclic) bond motifs is 1. The molecule has 0 saturated carbocycles. The van der Waals surface area contributed by atoms with Crippen LogP contribution in [0.15, 0.2) is 66.7 Å². The second-order valence-electron chi connectivity index (χ2n) is 8.51. The number of hydrogen-bond donors (Lipinski definition) is 0. The molecule has 0 bridgehead atoms. The second kappa shape index (κ2) is 8.70. The summed E-state index contributed by atoms with van der Waals surface area (Å²) >= 11 is 0. The predicted octanol–water partition coefficient (Wildman–Crippen LogP) is 5.39. The Morgan fingerprint density at radius 1 is 1.03 bits per heavy atom. The third-order valence-electron chi connectivity index (χ3n) is 6.44. The number of nitrogens with zero attached hydrogens (tertiary/aromatic N) is 3. The molecule has 4 aromatic rings. The van der Waals surface area contributed by atoms with Crippen LogP contribution in [0, 0.1) is 19.7 Å². The molecule has 2 heterocycles. The second-order valence-corrected chi connectivity index (χ2v) is 8.51. The van der Waals surface area contributed by atoms with Crippen LogP contribution in [0.2, 0.25) is 0 Å². The van der Waals surface area contributed by atoms with E-state index >= 15 is 0 Å². The maximum absolute atomic E-state index is 14.3. The molecule has 0 N–H and O–H groups in total. The summed E-state index contributed by atoms with van der Waals surface area (Å²) in [5.41, 5.74) is 4.55. The van der Waals surface area contributed by atoms with E-state index in [2.05, 4.69) is 24.5 Å². The minimum absolute atomic E-state index is 0.0876. The Hall–Kier alpha value is -3.67. The molecule has 1 saturated heterocycles. The number of aromatic nitrogens is 2. The fourth-order valence-electron chi connectivity index (χ4n) is 4.55. The van der Waals surface area contributed by atoms with E-state index in [1.54, 1.807) is 18.2 Å². The molecular weight excluding hydrogens is 417 g/mol. The lowest BCUT2D eigenvalue weighted by Crippen LogP contribution is -2.25. The van der Waals surface area contributed by atoms with Gasteiger partial charge in [0.2, 0.25) is 5.91 Å². The van der Waals surface area contributed by atoms with Crippen molar-refractivity contribution in [2.24, 2.45) is 0 Å². The number of hydrogen-bond acceptors (Lipinski definition) is 3. The molecule has 0 spiro atoms. The zero-order valence-electron chi connectivity index (χ0n) is 18.8. The third-order valence-corrected chi connectivity index (χ3v) is 6.44. The minimum atomic E-state index is -0.387. The Balaban J connectivity index is 1.42. The lowest BCUT2D eigenvalue weighted by molar-refractivity contribution is -0.117. The molecule has 1 amide bonds. The van der Waals surface area contributed by atoms with E-state index in [9.17, 15) is 9.18 Å². The number of rotatable bonds is 6. The van der Waals surface area contributed by atoms with Crippen molar-refractivity contribution in [2.45, 2.75) is 32.7 Å². The number of imidazole rings is 1. The van der Waals surface area contributed by atoms with Crippen molar-refractivity contribution in [1.82, 2.24) is 9.55 Å². The summed E-state index contributed by atoms with van der Waals surface area (Å²) < 4.78 is 22.6. The summed E-state index contributed by atoms with van der Waals surface area (Å²) in [5, 5.41) is 0. The Labute approximate surface area is 192 Å². The smallest absolute Gasteiger partial charge is 0.227 e. The van der Waals surface area contributed by atoms with Gasteiger partial charge in [-0.2, -0.15) is 0 Å². The predicted molar refractivity (Wildman–Crippen MR) is 127 cm³/mol. The number of para-hydroxylation sites is 3. The average Bonchev–Trinajstić information content (AvgIpc) is 3.37. The maximum Gasteiger partial charge on any atom is 0.227 e. The van der Waals surface area contributed by atoms with Crippen LogP contribution in [0.5, 0.6) is 5.75 Å². The van der Waals surface area contributed by atoms with Gasteiger partial charge in [-0.1, -0.05) is 36.4 Å². The van der Waals surface area contributed by atoms with Gasteiger partial charge in [0.15, 0.2) is 0 Å². The molecule has 1 aliphatic heterocycles. The first-order chi connectivity index (χ1) is 16.0. The van der Waals surface area contributed by atoms with Crippen molar-refractivity contribution in [3.63, 3.8) is 0 Å². The Morgan fingerprint density at radius 2 is 1.82 bits per heavy atom. The zero-order valence-corrected chi connectivity index (χ0v) is 18.8. The van der Waals surface area contributed by atoms with Gasteiger partial charge in [0.1, 0.15) is 24.0 Å². The van der Waals surface area contributed by atoms with Crippen molar-refractivity contribution >= 4 is 22.6 Å². The first-order valence-electron chi connectivity index (χ1n) is 11.2. The number of benzene rings is 3. The highest BCUT2D eigenvalue weighted by atomic mass is 19.1. The molecule has 1 aromatic heterocycles. The molecule has 1 fully saturated rings. The summed E-state index contributed by atoms with van der Waals surface area (Å²) in [7, 11) is 0. The molecule has 1 atom stereocenters. The molecule has 33 heavy (non-hydrogen) atoms. The van der Waals surface area contributed by atoms with Gasteiger partial charge in [0.05, 0.1) is 23.3 Å². The average molecular weight is 444 g/mol. The summed E-state index contributed by atoms with van der Waals surface area (Å²) in [6.07, 6.45) is 0.301. The number of amides is 1. The van der Waals surface area contributed by atoms with E-state index in [0.717, 1.165) is 28.2 Å². The van der Waals surface area contributed by atoms with Gasteiger partial charge in [0.25, 0.3) is 0 Å². The molecule has 0 aliphatic carbocycles. The fraction of sp³-hybridized carbons (Fsp3) is 0.259. The zero-order chi connectivity index (χ0) is 22.9. The molecule has 1 unspecified atom stereocenters. The van der Waals surface area contributed by atoms with Crippen molar-refractivity contribution in [3.8, 4) is 5.75 Å². The van der Waals surface area contributed by atoms with E-state index in [0.29, 0.717) is 31.8 Å². The lowest BCUT2D eigenvalue weighted by Gasteiger charge is -2.18. The monoisotopic (exact) mass is 443 g/mol. The van der Waals surface area contributed by atoms with Gasteiger partial charge in [-0.05, 0) is 55.3 Å². The standard InChI is InChI=1S/C27H26FN3O2/c1-18-8-7-13-25(19(18)2)33-15-14-30-24-12-6-4-10-22(24)29-27(30)20-16-26(32)31(17-20)23-11-5-3-9-21(23)28/h3-13,20H,14-17H2,1-2H3. The number of carbonyl (C=O) groups excluding carboxylic acids is 1. The van der Waals surface area contributed by atoms with E-state index in [1.807, 2.05) is 36.4 Å². The molecule has 1 aliphatic rings. The fourth-order valence-corrected chi connectivity index (χ4v) is 4.55. The molecule has 0 radical (unpaired) electrons. The highest BCUT2D eigenvalue weighted by Crippen LogP contribution is 2.34. The van der Waals surface area contributed by atoms with Gasteiger partial charge < -0.3 is 14.2 Å². The molecule has 168 valence electrons. The quantitative estimate of drug-likeness (QED) is 0.401. The number of aryl methyl sites for hydroxylation is 1. The van der Waals surface area contributed by atoms with E-state index in [-0.39, 0.29) is 17.6 Å². The van der Waals surface area contributed by atoms with Crippen molar-refractivity contribution in [2.75, 3.05) is 18.1 Å². The Bertz CT molecular complexity index is 1330. The summed E-state index contributed by atoms with van der Waals surface area (Å²) in [5.74, 6) is 1.12. The normalized spacial score (nSPS) is 16.0. The topological polar surface area (TPSA) is 47.4 Å². The summed E-state index contributed by atoms with van der Waals surface area (Å²) in [4.78, 5) is 19.2. The van der Waals surface area contributed by atoms with Crippen LogP contribution in [0.25, 0.3) is 11.0 Å². The molecule has 6 heteroatoms. The SMILES string of the molecule is Cc1cccc(OCCn2c(C3CC(=O)N(c4ccccc4F)C3)nc3ccccc32)c1C. The number of anilines is 1. The highest BCUT2D eigenvalue weighted by Gasteiger charge is 2.35. The highest BCUT2D eigenvalue weighted by molar-refractivity contribution is 5.96. The van der Waals surface area contributed by atoms with Gasteiger partial charge in [-0.25, -0.2) is 9.37 Å². The minimum Gasteiger partial charge on any atom is -0.491 e. The van der Waals surface area contributed by atoms with Crippen molar-refractivity contribution in [3.05, 3.63) is 89.5 Å². The van der Waals surface area contributed by atoms with E-state index in [4.69, 9.17) is 9.72 Å². The molecule has 5 nitrogen and oxygen atoms in total. The number of halogens is 1. The molecule has 3 aromatic carbocycles. The van der Waals surface area contributed by atoms with E-state index in [1.165, 1.54) is 16.5 Å². The van der Waals surface area contributed by atoms with Crippen molar-refractivity contribution < 1.29 is 13.9 Å². The van der Waals surface area contributed by atoms with Crippen LogP contribution in [0.4, 0.5) is 10.1 Å². The van der Waals surface area contributed by atoms with Crippen LogP contribution in [-0.4, -0.2) is 28.6 Å². The number of ether oxygens (including phenoxy) is 1.